The maximum Gasteiger partial charge on any atom is 0.263 e. The molecule has 0 radical (unpaired) electrons. The Kier molecular flexibility index (Phi) is 6.37. The molecule has 1 saturated heterocycles. The van der Waals surface area contributed by atoms with Crippen LogP contribution in [-0.2, 0) is 17.8 Å². The second kappa shape index (κ2) is 9.47. The minimum absolute atomic E-state index is 0.0227. The number of benzene rings is 2. The van der Waals surface area contributed by atoms with Crippen LogP contribution >= 0.6 is 11.6 Å². The van der Waals surface area contributed by atoms with Crippen molar-refractivity contribution in [3.05, 3.63) is 58.9 Å². The molecule has 2 aromatic carbocycles. The zero-order chi connectivity index (χ0) is 24.6. The molecule has 1 unspecified atom stereocenters. The second-order valence-corrected chi connectivity index (χ2v) is 10.1. The number of amides is 1. The lowest BCUT2D eigenvalue weighted by atomic mass is 10.0. The van der Waals surface area contributed by atoms with E-state index in [2.05, 4.69) is 34.3 Å². The minimum Gasteiger partial charge on any atom is -0.483 e. The van der Waals surface area contributed by atoms with Crippen molar-refractivity contribution in [3.8, 4) is 17.2 Å². The van der Waals surface area contributed by atoms with Gasteiger partial charge in [-0.1, -0.05) is 23.7 Å². The Morgan fingerprint density at radius 1 is 1.14 bits per heavy atom. The van der Waals surface area contributed by atoms with Gasteiger partial charge in [0.2, 0.25) is 0 Å². The number of piperazine rings is 1. The van der Waals surface area contributed by atoms with Gasteiger partial charge >= 0.3 is 0 Å². The summed E-state index contributed by atoms with van der Waals surface area (Å²) in [6, 6.07) is 13.3. The fourth-order valence-electron chi connectivity index (χ4n) is 4.59. The molecule has 0 bridgehead atoms. The average Bonchev–Trinajstić information content (AvgIpc) is 3.42. The molecule has 0 spiro atoms. The first-order valence-corrected chi connectivity index (χ1v) is 12.2. The van der Waals surface area contributed by atoms with E-state index < -0.39 is 6.10 Å². The van der Waals surface area contributed by atoms with Crippen LogP contribution in [0.3, 0.4) is 0 Å². The van der Waals surface area contributed by atoms with Gasteiger partial charge in [-0.25, -0.2) is 0 Å². The molecule has 1 atom stereocenters. The third-order valence-corrected chi connectivity index (χ3v) is 6.61. The van der Waals surface area contributed by atoms with Gasteiger partial charge < -0.3 is 14.4 Å². The SMILES string of the molecule is CC(Oc1cccc2c1OC(C)(C)C2)C(=O)N1CCN(Cc2nnnn2-c2ccc(Cl)cc2)CC1. The highest BCUT2D eigenvalue weighted by Gasteiger charge is 2.34. The molecular formula is C25H29ClN6O3. The molecule has 2 aliphatic rings. The smallest absolute Gasteiger partial charge is 0.263 e. The van der Waals surface area contributed by atoms with Crippen molar-refractivity contribution in [2.24, 2.45) is 0 Å². The summed E-state index contributed by atoms with van der Waals surface area (Å²) in [6.07, 6.45) is 0.225. The lowest BCUT2D eigenvalue weighted by Crippen LogP contribution is -2.51. The molecular weight excluding hydrogens is 468 g/mol. The summed E-state index contributed by atoms with van der Waals surface area (Å²) in [5, 5.41) is 12.8. The van der Waals surface area contributed by atoms with Crippen LogP contribution in [0.5, 0.6) is 11.5 Å². The Balaban J connectivity index is 1.17. The van der Waals surface area contributed by atoms with Crippen LogP contribution in [0.15, 0.2) is 42.5 Å². The molecule has 35 heavy (non-hydrogen) atoms. The van der Waals surface area contributed by atoms with Gasteiger partial charge in [0.05, 0.1) is 12.2 Å². The van der Waals surface area contributed by atoms with E-state index in [1.54, 1.807) is 11.6 Å². The van der Waals surface area contributed by atoms with Crippen molar-refractivity contribution in [1.29, 1.82) is 0 Å². The number of rotatable bonds is 6. The van der Waals surface area contributed by atoms with Crippen LogP contribution in [0.1, 0.15) is 32.2 Å². The summed E-state index contributed by atoms with van der Waals surface area (Å²) in [5.74, 6) is 2.09. The van der Waals surface area contributed by atoms with Crippen LogP contribution in [-0.4, -0.2) is 73.8 Å². The maximum absolute atomic E-state index is 13.1. The largest absolute Gasteiger partial charge is 0.483 e. The Labute approximate surface area is 209 Å². The predicted octanol–water partition coefficient (Wildman–Crippen LogP) is 3.14. The Bertz CT molecular complexity index is 1200. The van der Waals surface area contributed by atoms with E-state index in [9.17, 15) is 4.79 Å². The molecule has 3 heterocycles. The van der Waals surface area contributed by atoms with E-state index in [0.29, 0.717) is 30.4 Å². The first kappa shape index (κ1) is 23.6. The van der Waals surface area contributed by atoms with Gasteiger partial charge in [0.15, 0.2) is 23.4 Å². The van der Waals surface area contributed by atoms with E-state index in [-0.39, 0.29) is 11.5 Å². The summed E-state index contributed by atoms with van der Waals surface area (Å²) < 4.78 is 13.9. The molecule has 1 aromatic heterocycles. The van der Waals surface area contributed by atoms with Crippen LogP contribution in [0.25, 0.3) is 5.69 Å². The Morgan fingerprint density at radius 2 is 1.89 bits per heavy atom. The van der Waals surface area contributed by atoms with E-state index in [0.717, 1.165) is 42.3 Å². The summed E-state index contributed by atoms with van der Waals surface area (Å²) in [4.78, 5) is 17.2. The highest BCUT2D eigenvalue weighted by molar-refractivity contribution is 6.30. The molecule has 2 aliphatic heterocycles. The van der Waals surface area contributed by atoms with E-state index in [1.165, 1.54) is 0 Å². The zero-order valence-electron chi connectivity index (χ0n) is 20.1. The second-order valence-electron chi connectivity index (χ2n) is 9.63. The van der Waals surface area contributed by atoms with E-state index in [1.807, 2.05) is 47.4 Å². The molecule has 184 valence electrons. The maximum atomic E-state index is 13.1. The quantitative estimate of drug-likeness (QED) is 0.518. The van der Waals surface area contributed by atoms with Crippen LogP contribution in [0, 0.1) is 0 Å². The van der Waals surface area contributed by atoms with Crippen molar-refractivity contribution in [3.63, 3.8) is 0 Å². The van der Waals surface area contributed by atoms with Gasteiger partial charge in [0, 0.05) is 43.2 Å². The molecule has 0 saturated carbocycles. The first-order chi connectivity index (χ1) is 16.8. The first-order valence-electron chi connectivity index (χ1n) is 11.8. The lowest BCUT2D eigenvalue weighted by Gasteiger charge is -2.35. The highest BCUT2D eigenvalue weighted by Crippen LogP contribution is 2.42. The number of nitrogens with zero attached hydrogens (tertiary/aromatic N) is 6. The van der Waals surface area contributed by atoms with Crippen LogP contribution in [0.2, 0.25) is 5.02 Å². The van der Waals surface area contributed by atoms with Crippen molar-refractivity contribution < 1.29 is 14.3 Å². The molecule has 3 aromatic rings. The molecule has 1 amide bonds. The molecule has 1 fully saturated rings. The number of aromatic nitrogens is 4. The molecule has 10 heteroatoms. The summed E-state index contributed by atoms with van der Waals surface area (Å²) in [5.41, 5.74) is 1.70. The summed E-state index contributed by atoms with van der Waals surface area (Å²) in [7, 11) is 0. The number of carbonyl (C=O) groups is 1. The number of ether oxygens (including phenoxy) is 2. The van der Waals surface area contributed by atoms with Crippen LogP contribution in [0.4, 0.5) is 0 Å². The monoisotopic (exact) mass is 496 g/mol. The number of tetrazole rings is 1. The number of hydrogen-bond acceptors (Lipinski definition) is 7. The fourth-order valence-corrected chi connectivity index (χ4v) is 4.72. The fraction of sp³-hybridized carbons (Fsp3) is 0.440. The van der Waals surface area contributed by atoms with Crippen molar-refractivity contribution in [2.75, 3.05) is 26.2 Å². The number of hydrogen-bond donors (Lipinski definition) is 0. The standard InChI is InChI=1S/C25H29ClN6O3/c1-17(34-21-6-4-5-18-15-25(2,3)35-23(18)21)24(33)31-13-11-30(12-14-31)16-22-27-28-29-32(22)20-9-7-19(26)8-10-20/h4-10,17H,11-16H2,1-3H3. The Morgan fingerprint density at radius 3 is 2.63 bits per heavy atom. The van der Waals surface area contributed by atoms with E-state index in [4.69, 9.17) is 21.1 Å². The molecule has 9 nitrogen and oxygen atoms in total. The van der Waals surface area contributed by atoms with Crippen molar-refractivity contribution >= 4 is 17.5 Å². The number of fused-ring (bicyclic) bond motifs is 1. The number of para-hydroxylation sites is 1. The number of halogens is 1. The minimum atomic E-state index is -0.599. The summed E-state index contributed by atoms with van der Waals surface area (Å²) >= 11 is 5.99. The molecule has 0 N–H and O–H groups in total. The molecule has 5 rings (SSSR count). The highest BCUT2D eigenvalue weighted by atomic mass is 35.5. The predicted molar refractivity (Wildman–Crippen MR) is 131 cm³/mol. The van der Waals surface area contributed by atoms with Crippen LogP contribution < -0.4 is 9.47 Å². The number of carbonyl (C=O) groups excluding carboxylic acids is 1. The van der Waals surface area contributed by atoms with Crippen molar-refractivity contribution in [2.45, 2.75) is 45.4 Å². The van der Waals surface area contributed by atoms with Gasteiger partial charge in [-0.05, 0) is 61.5 Å². The third-order valence-electron chi connectivity index (χ3n) is 6.36. The van der Waals surface area contributed by atoms with Gasteiger partial charge in [-0.3, -0.25) is 9.69 Å². The Hall–Kier alpha value is -3.17. The van der Waals surface area contributed by atoms with Crippen molar-refractivity contribution in [1.82, 2.24) is 30.0 Å². The van der Waals surface area contributed by atoms with Gasteiger partial charge in [-0.2, -0.15) is 4.68 Å². The zero-order valence-corrected chi connectivity index (χ0v) is 20.9. The average molecular weight is 497 g/mol. The molecule has 0 aliphatic carbocycles. The third kappa shape index (κ3) is 5.11. The van der Waals surface area contributed by atoms with Gasteiger partial charge in [0.25, 0.3) is 5.91 Å². The summed E-state index contributed by atoms with van der Waals surface area (Å²) in [6.45, 7) is 9.18. The van der Waals surface area contributed by atoms with Gasteiger partial charge in [0.1, 0.15) is 5.60 Å². The normalized spacial score (nSPS) is 18.1. The van der Waals surface area contributed by atoms with E-state index >= 15 is 0 Å². The topological polar surface area (TPSA) is 85.6 Å². The lowest BCUT2D eigenvalue weighted by molar-refractivity contribution is -0.139. The van der Waals surface area contributed by atoms with Gasteiger partial charge in [-0.15, -0.1) is 5.10 Å².